The van der Waals surface area contributed by atoms with E-state index in [0.717, 1.165) is 35.1 Å². The van der Waals surface area contributed by atoms with Gasteiger partial charge in [0.25, 0.3) is 0 Å². The Hall–Kier alpha value is -0.540. The summed E-state index contributed by atoms with van der Waals surface area (Å²) in [5.74, 6) is 1.81. The smallest absolute Gasteiger partial charge is 0.133 e. The van der Waals surface area contributed by atoms with Crippen LogP contribution < -0.4 is 10.1 Å². The van der Waals surface area contributed by atoms with Crippen molar-refractivity contribution in [2.24, 2.45) is 11.3 Å². The maximum absolute atomic E-state index is 5.32. The van der Waals surface area contributed by atoms with Crippen molar-refractivity contribution in [1.29, 1.82) is 0 Å². The molecule has 0 heterocycles. The highest BCUT2D eigenvalue weighted by atomic mass is 79.9. The zero-order chi connectivity index (χ0) is 14.2. The van der Waals surface area contributed by atoms with Gasteiger partial charge < -0.3 is 10.1 Å². The van der Waals surface area contributed by atoms with E-state index in [9.17, 15) is 0 Å². The Kier molecular flexibility index (Phi) is 4.09. The van der Waals surface area contributed by atoms with Gasteiger partial charge in [-0.25, -0.2) is 0 Å². The SMILES string of the molecule is COc1ccc(CC(C)(CNC2CC2)C2CC2)cc1Br. The van der Waals surface area contributed by atoms with Crippen molar-refractivity contribution in [1.82, 2.24) is 5.32 Å². The molecule has 3 rings (SSSR count). The molecule has 0 aliphatic heterocycles. The van der Waals surface area contributed by atoms with Crippen molar-refractivity contribution in [3.05, 3.63) is 28.2 Å². The van der Waals surface area contributed by atoms with E-state index in [1.165, 1.54) is 31.2 Å². The van der Waals surface area contributed by atoms with Crippen LogP contribution in [0.4, 0.5) is 0 Å². The fourth-order valence-corrected chi connectivity index (χ4v) is 3.67. The lowest BCUT2D eigenvalue weighted by Crippen LogP contribution is -2.36. The van der Waals surface area contributed by atoms with E-state index in [4.69, 9.17) is 4.74 Å². The van der Waals surface area contributed by atoms with E-state index in [-0.39, 0.29) is 0 Å². The molecular weight excluding hydrogens is 314 g/mol. The first-order chi connectivity index (χ1) is 9.60. The van der Waals surface area contributed by atoms with E-state index in [1.54, 1.807) is 7.11 Å². The lowest BCUT2D eigenvalue weighted by atomic mass is 9.79. The normalized spacial score (nSPS) is 21.6. The van der Waals surface area contributed by atoms with Gasteiger partial charge in [0.1, 0.15) is 5.75 Å². The predicted octanol–water partition coefficient (Wildman–Crippen LogP) is 4.17. The summed E-state index contributed by atoms with van der Waals surface area (Å²) >= 11 is 3.60. The van der Waals surface area contributed by atoms with Gasteiger partial charge >= 0.3 is 0 Å². The Bertz CT molecular complexity index is 482. The largest absolute Gasteiger partial charge is 0.496 e. The quantitative estimate of drug-likeness (QED) is 0.806. The number of hydrogen-bond acceptors (Lipinski definition) is 2. The second-order valence-corrected chi connectivity index (χ2v) is 7.58. The van der Waals surface area contributed by atoms with Crippen LogP contribution in [0.5, 0.6) is 5.75 Å². The van der Waals surface area contributed by atoms with Gasteiger partial charge in [0.2, 0.25) is 0 Å². The molecule has 2 nitrogen and oxygen atoms in total. The first kappa shape index (κ1) is 14.4. The van der Waals surface area contributed by atoms with Crippen molar-refractivity contribution >= 4 is 15.9 Å². The summed E-state index contributed by atoms with van der Waals surface area (Å²) in [5, 5.41) is 3.74. The molecule has 0 radical (unpaired) electrons. The highest BCUT2D eigenvalue weighted by molar-refractivity contribution is 9.10. The van der Waals surface area contributed by atoms with Crippen LogP contribution in [0.2, 0.25) is 0 Å². The molecule has 2 fully saturated rings. The molecular formula is C17H24BrNO. The summed E-state index contributed by atoms with van der Waals surface area (Å²) in [5.41, 5.74) is 1.81. The molecule has 1 unspecified atom stereocenters. The third kappa shape index (κ3) is 3.37. The highest BCUT2D eigenvalue weighted by Gasteiger charge is 2.42. The van der Waals surface area contributed by atoms with Crippen molar-refractivity contribution < 1.29 is 4.74 Å². The standard InChI is InChI=1S/C17H24BrNO/c1-17(13-4-5-13,11-19-14-6-7-14)10-12-3-8-16(20-2)15(18)9-12/h3,8-9,13-14,19H,4-7,10-11H2,1-2H3. The molecule has 1 N–H and O–H groups in total. The summed E-state index contributed by atoms with van der Waals surface area (Å²) < 4.78 is 6.38. The van der Waals surface area contributed by atoms with Crippen LogP contribution >= 0.6 is 15.9 Å². The van der Waals surface area contributed by atoms with Crippen LogP contribution in [0.25, 0.3) is 0 Å². The van der Waals surface area contributed by atoms with Crippen LogP contribution in [0.1, 0.15) is 38.2 Å². The first-order valence-electron chi connectivity index (χ1n) is 7.66. The zero-order valence-corrected chi connectivity index (χ0v) is 14.0. The topological polar surface area (TPSA) is 21.3 Å². The van der Waals surface area contributed by atoms with Gasteiger partial charge in [0, 0.05) is 12.6 Å². The van der Waals surface area contributed by atoms with Crippen LogP contribution in [0.3, 0.4) is 0 Å². The van der Waals surface area contributed by atoms with Crippen molar-refractivity contribution in [3.8, 4) is 5.75 Å². The number of rotatable bonds is 7. The fourth-order valence-electron chi connectivity index (χ4n) is 3.08. The summed E-state index contributed by atoms with van der Waals surface area (Å²) in [7, 11) is 1.72. The maximum atomic E-state index is 5.32. The van der Waals surface area contributed by atoms with Crippen molar-refractivity contribution in [2.45, 2.75) is 45.1 Å². The third-order valence-electron chi connectivity index (χ3n) is 4.76. The Morgan fingerprint density at radius 3 is 2.60 bits per heavy atom. The third-order valence-corrected chi connectivity index (χ3v) is 5.38. The van der Waals surface area contributed by atoms with Gasteiger partial charge in [-0.15, -0.1) is 0 Å². The Morgan fingerprint density at radius 1 is 1.30 bits per heavy atom. The lowest BCUT2D eigenvalue weighted by Gasteiger charge is -2.30. The Balaban J connectivity index is 1.70. The minimum Gasteiger partial charge on any atom is -0.496 e. The van der Waals surface area contributed by atoms with Gasteiger partial charge in [0.15, 0.2) is 0 Å². The van der Waals surface area contributed by atoms with E-state index in [2.05, 4.69) is 46.4 Å². The zero-order valence-electron chi connectivity index (χ0n) is 12.4. The molecule has 0 saturated heterocycles. The molecule has 2 saturated carbocycles. The van der Waals surface area contributed by atoms with Crippen LogP contribution in [-0.2, 0) is 6.42 Å². The van der Waals surface area contributed by atoms with E-state index < -0.39 is 0 Å². The Morgan fingerprint density at radius 2 is 2.05 bits per heavy atom. The molecule has 3 heteroatoms. The number of ether oxygens (including phenoxy) is 1. The average molecular weight is 338 g/mol. The summed E-state index contributed by atoms with van der Waals surface area (Å²) in [6.07, 6.45) is 6.70. The molecule has 0 spiro atoms. The molecule has 0 bridgehead atoms. The van der Waals surface area contributed by atoms with Gasteiger partial charge in [-0.2, -0.15) is 0 Å². The molecule has 0 amide bonds. The van der Waals surface area contributed by atoms with E-state index >= 15 is 0 Å². The van der Waals surface area contributed by atoms with Crippen molar-refractivity contribution in [3.63, 3.8) is 0 Å². The van der Waals surface area contributed by atoms with E-state index in [1.807, 2.05) is 0 Å². The van der Waals surface area contributed by atoms with Crippen molar-refractivity contribution in [2.75, 3.05) is 13.7 Å². The van der Waals surface area contributed by atoms with Crippen LogP contribution in [-0.4, -0.2) is 19.7 Å². The number of benzene rings is 1. The summed E-state index contributed by atoms with van der Waals surface area (Å²) in [6.45, 7) is 3.62. The second kappa shape index (κ2) is 5.69. The van der Waals surface area contributed by atoms with Gasteiger partial charge in [-0.3, -0.25) is 0 Å². The molecule has 2 aliphatic carbocycles. The molecule has 1 atom stereocenters. The highest BCUT2D eigenvalue weighted by Crippen LogP contribution is 2.47. The number of hydrogen-bond donors (Lipinski definition) is 1. The number of halogens is 1. The minimum absolute atomic E-state index is 0.399. The van der Waals surface area contributed by atoms with Gasteiger partial charge in [-0.05, 0) is 77.1 Å². The predicted molar refractivity (Wildman–Crippen MR) is 86.3 cm³/mol. The first-order valence-corrected chi connectivity index (χ1v) is 8.46. The summed E-state index contributed by atoms with van der Waals surface area (Å²) in [4.78, 5) is 0. The second-order valence-electron chi connectivity index (χ2n) is 6.73. The Labute approximate surface area is 130 Å². The molecule has 1 aromatic carbocycles. The number of methoxy groups -OCH3 is 1. The maximum Gasteiger partial charge on any atom is 0.133 e. The van der Waals surface area contributed by atoms with Gasteiger partial charge in [-0.1, -0.05) is 13.0 Å². The average Bonchev–Trinajstić information content (AvgIpc) is 3.30. The molecule has 2 aliphatic rings. The summed E-state index contributed by atoms with van der Waals surface area (Å²) in [6, 6.07) is 7.30. The molecule has 110 valence electrons. The number of nitrogens with one attached hydrogen (secondary N) is 1. The lowest BCUT2D eigenvalue weighted by molar-refractivity contribution is 0.254. The molecule has 1 aromatic rings. The monoisotopic (exact) mass is 337 g/mol. The van der Waals surface area contributed by atoms with Crippen LogP contribution in [0.15, 0.2) is 22.7 Å². The van der Waals surface area contributed by atoms with Crippen LogP contribution in [0, 0.1) is 11.3 Å². The molecule has 0 aromatic heterocycles. The fraction of sp³-hybridized carbons (Fsp3) is 0.647. The minimum atomic E-state index is 0.399. The van der Waals surface area contributed by atoms with E-state index in [0.29, 0.717) is 5.41 Å². The van der Waals surface area contributed by atoms with Gasteiger partial charge in [0.05, 0.1) is 11.6 Å². The molecule has 20 heavy (non-hydrogen) atoms.